The highest BCUT2D eigenvalue weighted by Gasteiger charge is 2.19. The smallest absolute Gasteiger partial charge is 0.156 e. The van der Waals surface area contributed by atoms with E-state index in [1.54, 1.807) is 19.9 Å². The molecule has 0 saturated heterocycles. The summed E-state index contributed by atoms with van der Waals surface area (Å²) < 4.78 is 25.9. The molecule has 0 saturated carbocycles. The van der Waals surface area contributed by atoms with Crippen LogP contribution in [-0.4, -0.2) is 18.2 Å². The van der Waals surface area contributed by atoms with Gasteiger partial charge in [-0.25, -0.2) is 8.42 Å². The molecule has 0 aliphatic heterocycles. The molecule has 5 heteroatoms. The Labute approximate surface area is 107 Å². The number of nitrogens with two attached hydrogens (primary N) is 1. The van der Waals surface area contributed by atoms with Gasteiger partial charge in [0.1, 0.15) is 0 Å². The third-order valence-electron chi connectivity index (χ3n) is 3.17. The summed E-state index contributed by atoms with van der Waals surface area (Å²) in [6, 6.07) is 5.55. The second kappa shape index (κ2) is 4.31. The van der Waals surface area contributed by atoms with Crippen molar-refractivity contribution in [3.8, 4) is 0 Å². The number of aromatic nitrogens is 1. The lowest BCUT2D eigenvalue weighted by Gasteiger charge is -2.06. The number of rotatable bonds is 3. The van der Waals surface area contributed by atoms with Crippen molar-refractivity contribution < 1.29 is 8.42 Å². The van der Waals surface area contributed by atoms with Gasteiger partial charge in [0.2, 0.25) is 0 Å². The van der Waals surface area contributed by atoms with Gasteiger partial charge in [-0.15, -0.1) is 0 Å². The minimum Gasteiger partial charge on any atom is -0.399 e. The average Bonchev–Trinajstić information content (AvgIpc) is 2.54. The van der Waals surface area contributed by atoms with E-state index < -0.39 is 9.84 Å². The van der Waals surface area contributed by atoms with Crippen LogP contribution in [0.15, 0.2) is 24.4 Å². The van der Waals surface area contributed by atoms with Crippen LogP contribution in [0.25, 0.3) is 10.9 Å². The molecule has 2 aromatic rings. The molecule has 0 fully saturated rings. The summed E-state index contributed by atoms with van der Waals surface area (Å²) in [5.74, 6) is 0.0753. The number of benzene rings is 1. The Hall–Kier alpha value is -1.49. The van der Waals surface area contributed by atoms with E-state index in [0.717, 1.165) is 16.5 Å². The van der Waals surface area contributed by atoms with E-state index in [2.05, 4.69) is 0 Å². The van der Waals surface area contributed by atoms with Gasteiger partial charge < -0.3 is 10.3 Å². The van der Waals surface area contributed by atoms with Crippen LogP contribution in [0.1, 0.15) is 19.4 Å². The largest absolute Gasteiger partial charge is 0.399 e. The Bertz CT molecular complexity index is 684. The van der Waals surface area contributed by atoms with Crippen LogP contribution in [0.5, 0.6) is 0 Å². The molecule has 0 unspecified atom stereocenters. The van der Waals surface area contributed by atoms with Gasteiger partial charge in [0.05, 0.1) is 16.5 Å². The molecule has 0 atom stereocenters. The van der Waals surface area contributed by atoms with Gasteiger partial charge in [0, 0.05) is 24.3 Å². The van der Waals surface area contributed by atoms with Gasteiger partial charge in [-0.1, -0.05) is 6.07 Å². The number of nitrogen functional groups attached to an aromatic ring is 1. The molecule has 0 amide bonds. The molecular weight excluding hydrogens is 248 g/mol. The van der Waals surface area contributed by atoms with Crippen LogP contribution in [0.3, 0.4) is 0 Å². The summed E-state index contributed by atoms with van der Waals surface area (Å²) in [4.78, 5) is 0. The number of hydrogen-bond acceptors (Lipinski definition) is 3. The third-order valence-corrected chi connectivity index (χ3v) is 5.32. The van der Waals surface area contributed by atoms with Gasteiger partial charge in [-0.05, 0) is 31.5 Å². The molecule has 98 valence electrons. The zero-order chi connectivity index (χ0) is 13.5. The molecular formula is C13H18N2O2S. The number of aryl methyl sites for hydroxylation is 1. The van der Waals surface area contributed by atoms with Crippen LogP contribution in [0.4, 0.5) is 5.69 Å². The van der Waals surface area contributed by atoms with Gasteiger partial charge in [-0.3, -0.25) is 0 Å². The number of hydrogen-bond donors (Lipinski definition) is 1. The molecule has 0 bridgehead atoms. The number of nitrogens with zero attached hydrogens (tertiary/aromatic N) is 1. The van der Waals surface area contributed by atoms with Crippen LogP contribution < -0.4 is 5.73 Å². The second-order valence-electron chi connectivity index (χ2n) is 4.90. The Morgan fingerprint density at radius 2 is 2.00 bits per heavy atom. The Balaban J connectivity index is 2.54. The summed E-state index contributed by atoms with van der Waals surface area (Å²) in [6.07, 6.45) is 1.87. The maximum atomic E-state index is 12.0. The highest BCUT2D eigenvalue weighted by Crippen LogP contribution is 2.25. The summed E-state index contributed by atoms with van der Waals surface area (Å²) in [5, 5.41) is 0.595. The molecule has 18 heavy (non-hydrogen) atoms. The maximum Gasteiger partial charge on any atom is 0.156 e. The number of sulfone groups is 1. The second-order valence-corrected chi connectivity index (χ2v) is 7.45. The lowest BCUT2D eigenvalue weighted by molar-refractivity contribution is 0.586. The fourth-order valence-corrected chi connectivity index (χ4v) is 2.98. The van der Waals surface area contributed by atoms with Crippen molar-refractivity contribution >= 4 is 26.4 Å². The van der Waals surface area contributed by atoms with Gasteiger partial charge in [0.15, 0.2) is 9.84 Å². The molecule has 1 aromatic heterocycles. The summed E-state index contributed by atoms with van der Waals surface area (Å²) >= 11 is 0. The van der Waals surface area contributed by atoms with Crippen molar-refractivity contribution in [2.75, 3.05) is 5.73 Å². The predicted octanol–water partition coefficient (Wildman–Crippen LogP) is 2.08. The monoisotopic (exact) mass is 266 g/mol. The molecule has 0 aliphatic carbocycles. The first-order valence-corrected chi connectivity index (χ1v) is 7.58. The van der Waals surface area contributed by atoms with Crippen molar-refractivity contribution in [3.05, 3.63) is 30.0 Å². The Kier molecular flexibility index (Phi) is 3.11. The fourth-order valence-electron chi connectivity index (χ4n) is 1.98. The number of anilines is 1. The molecule has 0 radical (unpaired) electrons. The van der Waals surface area contributed by atoms with Gasteiger partial charge in [0.25, 0.3) is 0 Å². The Morgan fingerprint density at radius 1 is 1.33 bits per heavy atom. The quantitative estimate of drug-likeness (QED) is 0.865. The van der Waals surface area contributed by atoms with Crippen molar-refractivity contribution in [1.82, 2.24) is 4.57 Å². The van der Waals surface area contributed by atoms with Crippen molar-refractivity contribution in [3.63, 3.8) is 0 Å². The first-order chi connectivity index (χ1) is 8.31. The van der Waals surface area contributed by atoms with Crippen LogP contribution in [0, 0.1) is 0 Å². The highest BCUT2D eigenvalue weighted by molar-refractivity contribution is 7.91. The molecule has 1 heterocycles. The van der Waals surface area contributed by atoms with Gasteiger partial charge >= 0.3 is 0 Å². The SMILES string of the molecule is CC(C)S(=O)(=O)Cc1cn(C)c2cc(N)ccc12. The molecule has 2 N–H and O–H groups in total. The molecule has 0 aliphatic rings. The normalized spacial score (nSPS) is 12.4. The zero-order valence-electron chi connectivity index (χ0n) is 10.8. The number of fused-ring (bicyclic) bond motifs is 1. The average molecular weight is 266 g/mol. The summed E-state index contributed by atoms with van der Waals surface area (Å²) in [7, 11) is -1.19. The van der Waals surface area contributed by atoms with Crippen LogP contribution in [0.2, 0.25) is 0 Å². The lowest BCUT2D eigenvalue weighted by Crippen LogP contribution is -2.15. The third kappa shape index (κ3) is 2.22. The summed E-state index contributed by atoms with van der Waals surface area (Å²) in [6.45, 7) is 3.41. The molecule has 2 rings (SSSR count). The van der Waals surface area contributed by atoms with E-state index >= 15 is 0 Å². The van der Waals surface area contributed by atoms with Crippen molar-refractivity contribution in [1.29, 1.82) is 0 Å². The lowest BCUT2D eigenvalue weighted by atomic mass is 10.2. The van der Waals surface area contributed by atoms with Crippen LogP contribution in [-0.2, 0) is 22.6 Å². The zero-order valence-corrected chi connectivity index (χ0v) is 11.7. The summed E-state index contributed by atoms with van der Waals surface area (Å²) in [5.41, 5.74) is 8.22. The maximum absolute atomic E-state index is 12.0. The molecule has 0 spiro atoms. The van der Waals surface area contributed by atoms with E-state index in [4.69, 9.17) is 5.73 Å². The highest BCUT2D eigenvalue weighted by atomic mass is 32.2. The fraction of sp³-hybridized carbons (Fsp3) is 0.385. The first-order valence-electron chi connectivity index (χ1n) is 5.86. The topological polar surface area (TPSA) is 65.1 Å². The van der Waals surface area contributed by atoms with Crippen molar-refractivity contribution in [2.45, 2.75) is 24.9 Å². The van der Waals surface area contributed by atoms with E-state index in [-0.39, 0.29) is 11.0 Å². The first kappa shape index (κ1) is 13.0. The Morgan fingerprint density at radius 3 is 2.61 bits per heavy atom. The van der Waals surface area contributed by atoms with Crippen LogP contribution >= 0.6 is 0 Å². The van der Waals surface area contributed by atoms with E-state index in [1.165, 1.54) is 0 Å². The predicted molar refractivity (Wildman–Crippen MR) is 75.1 cm³/mol. The molecule has 1 aromatic carbocycles. The minimum atomic E-state index is -3.08. The van der Waals surface area contributed by atoms with Gasteiger partial charge in [-0.2, -0.15) is 0 Å². The van der Waals surface area contributed by atoms with Crippen molar-refractivity contribution in [2.24, 2.45) is 7.05 Å². The van der Waals surface area contributed by atoms with E-state index in [9.17, 15) is 8.42 Å². The standard InChI is InChI=1S/C13H18N2O2S/c1-9(2)18(16,17)8-10-7-15(3)13-6-11(14)4-5-12(10)13/h4-7,9H,8,14H2,1-3H3. The van der Waals surface area contributed by atoms with E-state index in [1.807, 2.05) is 29.9 Å². The van der Waals surface area contributed by atoms with E-state index in [0.29, 0.717) is 5.69 Å². The minimum absolute atomic E-state index is 0.0753. The molecule has 4 nitrogen and oxygen atoms in total.